The standard InChI is InChI=1S/C14H15NO5S2/c1-7-8(3-4-10(16)14(7,2)20)5-9-12(19)15(6-11(17)18)13(21)22-9/h3-5,7,16,20H,6H2,1-2H3,(H,17,18)/b9-5-. The minimum absolute atomic E-state index is 0.143. The van der Waals surface area contributed by atoms with Crippen LogP contribution in [0.5, 0.6) is 0 Å². The van der Waals surface area contributed by atoms with Crippen molar-refractivity contribution >= 4 is 40.2 Å². The van der Waals surface area contributed by atoms with Crippen molar-refractivity contribution in [3.8, 4) is 0 Å². The van der Waals surface area contributed by atoms with Gasteiger partial charge in [0.1, 0.15) is 22.2 Å². The zero-order valence-electron chi connectivity index (χ0n) is 11.9. The third-order valence-corrected chi connectivity index (χ3v) is 5.14. The van der Waals surface area contributed by atoms with Crippen molar-refractivity contribution in [2.45, 2.75) is 19.4 Å². The van der Waals surface area contributed by atoms with E-state index in [1.807, 2.05) is 0 Å². The van der Waals surface area contributed by atoms with Gasteiger partial charge in [-0.3, -0.25) is 14.5 Å². The molecule has 2 atom stereocenters. The molecule has 0 spiro atoms. The highest BCUT2D eigenvalue weighted by atomic mass is 32.2. The first-order valence-electron chi connectivity index (χ1n) is 6.45. The van der Waals surface area contributed by atoms with E-state index in [4.69, 9.17) is 17.3 Å². The van der Waals surface area contributed by atoms with E-state index in [1.54, 1.807) is 19.1 Å². The lowest BCUT2D eigenvalue weighted by atomic mass is 9.79. The minimum atomic E-state index is -1.42. The lowest BCUT2D eigenvalue weighted by Crippen LogP contribution is -2.37. The number of thiocarbonyl (C=S) groups is 1. The fourth-order valence-electron chi connectivity index (χ4n) is 2.13. The summed E-state index contributed by atoms with van der Waals surface area (Å²) in [6.07, 6.45) is 4.56. The topological polar surface area (TPSA) is 98.1 Å². The molecule has 0 bridgehead atoms. The van der Waals surface area contributed by atoms with Crippen LogP contribution in [0.1, 0.15) is 13.8 Å². The van der Waals surface area contributed by atoms with E-state index in [2.05, 4.69) is 0 Å². The number of carboxylic acid groups (broad SMARTS) is 1. The number of allylic oxidation sites excluding steroid dienone is 3. The number of amides is 1. The summed E-state index contributed by atoms with van der Waals surface area (Å²) in [7, 11) is 0. The van der Waals surface area contributed by atoms with Gasteiger partial charge in [0.2, 0.25) is 0 Å². The summed E-state index contributed by atoms with van der Waals surface area (Å²) in [5.41, 5.74) is -0.770. The SMILES string of the molecule is CC1C(/C=C2\SC(=S)N(CC(=O)O)C2=O)=CC=C(O)C1(C)O. The van der Waals surface area contributed by atoms with Crippen molar-refractivity contribution < 1.29 is 24.9 Å². The van der Waals surface area contributed by atoms with Gasteiger partial charge in [0, 0.05) is 5.92 Å². The predicted octanol–water partition coefficient (Wildman–Crippen LogP) is 1.58. The van der Waals surface area contributed by atoms with Gasteiger partial charge < -0.3 is 15.3 Å². The van der Waals surface area contributed by atoms with Crippen LogP contribution in [0, 0.1) is 5.92 Å². The molecule has 0 radical (unpaired) electrons. The fourth-order valence-corrected chi connectivity index (χ4v) is 3.39. The van der Waals surface area contributed by atoms with E-state index < -0.39 is 29.9 Å². The molecule has 0 saturated carbocycles. The van der Waals surface area contributed by atoms with Crippen LogP contribution in [-0.4, -0.2) is 48.6 Å². The maximum atomic E-state index is 12.2. The molecule has 1 aliphatic heterocycles. The molecule has 22 heavy (non-hydrogen) atoms. The molecule has 0 aromatic carbocycles. The molecular formula is C14H15NO5S2. The Balaban J connectivity index is 2.30. The summed E-state index contributed by atoms with van der Waals surface area (Å²) in [6, 6.07) is 0. The predicted molar refractivity (Wildman–Crippen MR) is 86.2 cm³/mol. The fraction of sp³-hybridized carbons (Fsp3) is 0.357. The number of carbonyl (C=O) groups excluding carboxylic acids is 1. The van der Waals surface area contributed by atoms with E-state index >= 15 is 0 Å². The monoisotopic (exact) mass is 341 g/mol. The van der Waals surface area contributed by atoms with Crippen LogP contribution in [0.3, 0.4) is 0 Å². The van der Waals surface area contributed by atoms with Crippen LogP contribution in [0.4, 0.5) is 0 Å². The number of rotatable bonds is 3. The molecule has 118 valence electrons. The van der Waals surface area contributed by atoms with E-state index in [-0.39, 0.29) is 10.1 Å². The number of carboxylic acids is 1. The summed E-state index contributed by atoms with van der Waals surface area (Å²) >= 11 is 6.04. The molecule has 2 unspecified atom stereocenters. The van der Waals surface area contributed by atoms with E-state index in [1.165, 1.54) is 13.0 Å². The zero-order chi connectivity index (χ0) is 16.7. The number of aliphatic hydroxyl groups excluding tert-OH is 1. The van der Waals surface area contributed by atoms with Gasteiger partial charge in [0.25, 0.3) is 5.91 Å². The van der Waals surface area contributed by atoms with E-state index in [9.17, 15) is 19.8 Å². The normalized spacial score (nSPS) is 30.6. The Kier molecular flexibility index (Phi) is 4.46. The maximum absolute atomic E-state index is 12.2. The first kappa shape index (κ1) is 16.7. The van der Waals surface area contributed by atoms with Gasteiger partial charge >= 0.3 is 5.97 Å². The number of nitrogens with zero attached hydrogens (tertiary/aromatic N) is 1. The van der Waals surface area contributed by atoms with Crippen molar-refractivity contribution in [2.24, 2.45) is 5.92 Å². The molecule has 6 nitrogen and oxygen atoms in total. The lowest BCUT2D eigenvalue weighted by molar-refractivity contribution is -0.140. The smallest absolute Gasteiger partial charge is 0.323 e. The largest absolute Gasteiger partial charge is 0.509 e. The van der Waals surface area contributed by atoms with Gasteiger partial charge in [0.05, 0.1) is 4.91 Å². The average Bonchev–Trinajstić information content (AvgIpc) is 2.67. The molecule has 2 rings (SSSR count). The van der Waals surface area contributed by atoms with Crippen LogP contribution in [0.25, 0.3) is 0 Å². The molecule has 0 aromatic heterocycles. The Morgan fingerprint density at radius 2 is 2.18 bits per heavy atom. The van der Waals surface area contributed by atoms with Gasteiger partial charge in [-0.1, -0.05) is 37.0 Å². The summed E-state index contributed by atoms with van der Waals surface area (Å²) in [4.78, 5) is 24.3. The van der Waals surface area contributed by atoms with Gasteiger partial charge in [0.15, 0.2) is 0 Å². The average molecular weight is 341 g/mol. The third-order valence-electron chi connectivity index (χ3n) is 3.76. The molecule has 0 aromatic rings. The van der Waals surface area contributed by atoms with Gasteiger partial charge in [-0.15, -0.1) is 0 Å². The second-order valence-corrected chi connectivity index (χ2v) is 6.93. The third kappa shape index (κ3) is 2.94. The highest BCUT2D eigenvalue weighted by Crippen LogP contribution is 2.38. The summed E-state index contributed by atoms with van der Waals surface area (Å²) in [5, 5.41) is 28.7. The van der Waals surface area contributed by atoms with Crippen LogP contribution >= 0.6 is 24.0 Å². The summed E-state index contributed by atoms with van der Waals surface area (Å²) in [6.45, 7) is 2.73. The molecule has 3 N–H and O–H groups in total. The van der Waals surface area contributed by atoms with Crippen LogP contribution in [0.2, 0.25) is 0 Å². The first-order chi connectivity index (χ1) is 10.1. The number of thioether (sulfide) groups is 1. The molecule has 1 amide bonds. The molecule has 8 heteroatoms. The summed E-state index contributed by atoms with van der Waals surface area (Å²) in [5.74, 6) is -2.18. The summed E-state index contributed by atoms with van der Waals surface area (Å²) < 4.78 is 0.188. The van der Waals surface area contributed by atoms with Crippen molar-refractivity contribution in [1.82, 2.24) is 4.90 Å². The molecular weight excluding hydrogens is 326 g/mol. The van der Waals surface area contributed by atoms with Crippen LogP contribution < -0.4 is 0 Å². The molecule has 1 saturated heterocycles. The Bertz CT molecular complexity index is 648. The van der Waals surface area contributed by atoms with Crippen molar-refractivity contribution in [2.75, 3.05) is 6.54 Å². The number of carbonyl (C=O) groups is 2. The molecule has 2 aliphatic rings. The highest BCUT2D eigenvalue weighted by molar-refractivity contribution is 8.26. The Morgan fingerprint density at radius 3 is 2.77 bits per heavy atom. The van der Waals surface area contributed by atoms with Crippen molar-refractivity contribution in [1.29, 1.82) is 0 Å². The van der Waals surface area contributed by atoms with E-state index in [0.29, 0.717) is 10.5 Å². The number of hydrogen-bond acceptors (Lipinski definition) is 6. The van der Waals surface area contributed by atoms with Crippen molar-refractivity contribution in [3.63, 3.8) is 0 Å². The van der Waals surface area contributed by atoms with Gasteiger partial charge in [-0.05, 0) is 24.6 Å². The van der Waals surface area contributed by atoms with Gasteiger partial charge in [-0.25, -0.2) is 0 Å². The lowest BCUT2D eigenvalue weighted by Gasteiger charge is -2.33. The number of hydrogen-bond donors (Lipinski definition) is 3. The number of aliphatic hydroxyl groups is 2. The Hall–Kier alpha value is -1.64. The second-order valence-electron chi connectivity index (χ2n) is 5.25. The molecule has 1 fully saturated rings. The quantitative estimate of drug-likeness (QED) is 0.529. The van der Waals surface area contributed by atoms with Crippen molar-refractivity contribution in [3.05, 3.63) is 34.5 Å². The second kappa shape index (κ2) is 5.86. The molecule has 1 heterocycles. The minimum Gasteiger partial charge on any atom is -0.509 e. The van der Waals surface area contributed by atoms with E-state index in [0.717, 1.165) is 16.7 Å². The van der Waals surface area contributed by atoms with Gasteiger partial charge in [-0.2, -0.15) is 0 Å². The Labute approximate surface area is 136 Å². The van der Waals surface area contributed by atoms with Crippen LogP contribution in [-0.2, 0) is 9.59 Å². The van der Waals surface area contributed by atoms with Crippen LogP contribution in [0.15, 0.2) is 34.5 Å². The zero-order valence-corrected chi connectivity index (χ0v) is 13.6. The molecule has 1 aliphatic carbocycles. The Morgan fingerprint density at radius 1 is 1.55 bits per heavy atom. The first-order valence-corrected chi connectivity index (χ1v) is 7.68. The number of aliphatic carboxylic acids is 1. The highest BCUT2D eigenvalue weighted by Gasteiger charge is 2.38. The maximum Gasteiger partial charge on any atom is 0.323 e.